The van der Waals surface area contributed by atoms with E-state index < -0.39 is 10.2 Å². The second kappa shape index (κ2) is 6.49. The Hall–Kier alpha value is -0.210. The highest BCUT2D eigenvalue weighted by atomic mass is 32.2. The highest BCUT2D eigenvalue weighted by Crippen LogP contribution is 2.35. The first-order valence-corrected chi connectivity index (χ1v) is 8.58. The molecule has 1 saturated carbocycles. The average molecular weight is 291 g/mol. The Morgan fingerprint density at radius 2 is 1.79 bits per heavy atom. The minimum Gasteiger partial charge on any atom is -0.396 e. The third-order valence-electron chi connectivity index (χ3n) is 4.30. The summed E-state index contributed by atoms with van der Waals surface area (Å²) in [4.78, 5) is 0. The number of aliphatic hydroxyl groups excluding tert-OH is 1. The summed E-state index contributed by atoms with van der Waals surface area (Å²) in [6, 6.07) is 0. The van der Waals surface area contributed by atoms with E-state index in [2.05, 4.69) is 10.0 Å². The number of rotatable bonds is 5. The number of nitrogens with one attached hydrogen (secondary N) is 2. The van der Waals surface area contributed by atoms with Crippen LogP contribution in [0.4, 0.5) is 0 Å². The van der Waals surface area contributed by atoms with Gasteiger partial charge < -0.3 is 10.4 Å². The molecule has 0 aromatic rings. The standard InChI is InChI=1S/C12H25N3O3S/c16-11-12(4-2-1-3-5-12)10-14-19(17,18)15-8-6-13-7-9-15/h13-14,16H,1-11H2. The van der Waals surface area contributed by atoms with Crippen LogP contribution in [-0.4, -0.2) is 57.2 Å². The maximum atomic E-state index is 12.2. The molecule has 2 rings (SSSR count). The van der Waals surface area contributed by atoms with Gasteiger partial charge in [0, 0.05) is 44.7 Å². The highest BCUT2D eigenvalue weighted by molar-refractivity contribution is 7.87. The first-order valence-electron chi connectivity index (χ1n) is 7.14. The van der Waals surface area contributed by atoms with Gasteiger partial charge in [-0.25, -0.2) is 4.72 Å². The molecule has 7 heteroatoms. The first kappa shape index (κ1) is 15.2. The fourth-order valence-electron chi connectivity index (χ4n) is 2.91. The number of aliphatic hydroxyl groups is 1. The van der Waals surface area contributed by atoms with Crippen LogP contribution in [0.5, 0.6) is 0 Å². The molecule has 1 heterocycles. The van der Waals surface area contributed by atoms with Crippen LogP contribution in [0.15, 0.2) is 0 Å². The molecule has 0 spiro atoms. The molecule has 3 N–H and O–H groups in total. The quantitative estimate of drug-likeness (QED) is 0.648. The van der Waals surface area contributed by atoms with Crippen LogP contribution in [0.2, 0.25) is 0 Å². The van der Waals surface area contributed by atoms with Crippen molar-refractivity contribution in [1.82, 2.24) is 14.3 Å². The normalized spacial score (nSPS) is 25.3. The van der Waals surface area contributed by atoms with Crippen molar-refractivity contribution in [2.24, 2.45) is 5.41 Å². The summed E-state index contributed by atoms with van der Waals surface area (Å²) in [5.41, 5.74) is -0.251. The van der Waals surface area contributed by atoms with Gasteiger partial charge in [0.2, 0.25) is 0 Å². The topological polar surface area (TPSA) is 81.7 Å². The second-order valence-electron chi connectivity index (χ2n) is 5.69. The van der Waals surface area contributed by atoms with Gasteiger partial charge in [-0.15, -0.1) is 0 Å². The molecule has 0 aromatic carbocycles. The second-order valence-corrected chi connectivity index (χ2v) is 7.45. The Morgan fingerprint density at radius 1 is 1.16 bits per heavy atom. The zero-order valence-electron chi connectivity index (χ0n) is 11.4. The smallest absolute Gasteiger partial charge is 0.279 e. The van der Waals surface area contributed by atoms with Crippen molar-refractivity contribution in [1.29, 1.82) is 0 Å². The van der Waals surface area contributed by atoms with Gasteiger partial charge in [-0.05, 0) is 12.8 Å². The Bertz CT molecular complexity index is 374. The molecule has 0 amide bonds. The van der Waals surface area contributed by atoms with Gasteiger partial charge in [0.25, 0.3) is 10.2 Å². The van der Waals surface area contributed by atoms with Crippen LogP contribution in [-0.2, 0) is 10.2 Å². The summed E-state index contributed by atoms with van der Waals surface area (Å²) in [6.45, 7) is 2.86. The Morgan fingerprint density at radius 3 is 2.37 bits per heavy atom. The van der Waals surface area contributed by atoms with Crippen LogP contribution < -0.4 is 10.0 Å². The Labute approximate surface area is 115 Å². The van der Waals surface area contributed by atoms with Crippen molar-refractivity contribution in [2.75, 3.05) is 39.3 Å². The molecule has 6 nitrogen and oxygen atoms in total. The number of hydrogen-bond donors (Lipinski definition) is 3. The lowest BCUT2D eigenvalue weighted by Gasteiger charge is -2.36. The largest absolute Gasteiger partial charge is 0.396 e. The van der Waals surface area contributed by atoms with Gasteiger partial charge in [-0.2, -0.15) is 12.7 Å². The summed E-state index contributed by atoms with van der Waals surface area (Å²) >= 11 is 0. The molecular weight excluding hydrogens is 266 g/mol. The minimum atomic E-state index is -3.40. The third-order valence-corrected chi connectivity index (χ3v) is 5.85. The van der Waals surface area contributed by atoms with Crippen LogP contribution in [0.25, 0.3) is 0 Å². The maximum absolute atomic E-state index is 12.2. The summed E-state index contributed by atoms with van der Waals surface area (Å²) in [5.74, 6) is 0. The van der Waals surface area contributed by atoms with E-state index in [1.807, 2.05) is 0 Å². The van der Waals surface area contributed by atoms with Crippen LogP contribution in [0, 0.1) is 5.41 Å². The maximum Gasteiger partial charge on any atom is 0.279 e. The van der Waals surface area contributed by atoms with Crippen molar-refractivity contribution in [2.45, 2.75) is 32.1 Å². The van der Waals surface area contributed by atoms with Crippen molar-refractivity contribution in [3.05, 3.63) is 0 Å². The van der Waals surface area contributed by atoms with Gasteiger partial charge in [-0.1, -0.05) is 19.3 Å². The summed E-state index contributed by atoms with van der Waals surface area (Å²) in [5, 5.41) is 12.7. The van der Waals surface area contributed by atoms with Crippen molar-refractivity contribution in [3.8, 4) is 0 Å². The molecule has 0 bridgehead atoms. The molecule has 1 saturated heterocycles. The SMILES string of the molecule is O=S(=O)(NCC1(CO)CCCCC1)N1CCNCC1. The van der Waals surface area contributed by atoms with E-state index in [0.29, 0.717) is 32.7 Å². The van der Waals surface area contributed by atoms with E-state index in [-0.39, 0.29) is 12.0 Å². The Balaban J connectivity index is 1.92. The summed E-state index contributed by atoms with van der Waals surface area (Å²) in [6.07, 6.45) is 5.17. The number of hydrogen-bond acceptors (Lipinski definition) is 4. The molecule has 19 heavy (non-hydrogen) atoms. The molecule has 1 aliphatic carbocycles. The van der Waals surface area contributed by atoms with Gasteiger partial charge >= 0.3 is 0 Å². The van der Waals surface area contributed by atoms with Crippen molar-refractivity contribution in [3.63, 3.8) is 0 Å². The minimum absolute atomic E-state index is 0.0665. The van der Waals surface area contributed by atoms with Gasteiger partial charge in [0.05, 0.1) is 0 Å². The molecule has 0 unspecified atom stereocenters. The molecule has 2 aliphatic rings. The third kappa shape index (κ3) is 3.88. The zero-order chi connectivity index (χ0) is 13.8. The summed E-state index contributed by atoms with van der Waals surface area (Å²) in [7, 11) is -3.40. The number of piperazine rings is 1. The molecule has 112 valence electrons. The van der Waals surface area contributed by atoms with Gasteiger partial charge in [-0.3, -0.25) is 0 Å². The first-order chi connectivity index (χ1) is 9.08. The molecular formula is C12H25N3O3S. The van der Waals surface area contributed by atoms with Crippen LogP contribution >= 0.6 is 0 Å². The van der Waals surface area contributed by atoms with Crippen LogP contribution in [0.1, 0.15) is 32.1 Å². The van der Waals surface area contributed by atoms with Crippen molar-refractivity contribution >= 4 is 10.2 Å². The molecule has 0 aromatic heterocycles. The van der Waals surface area contributed by atoms with Gasteiger partial charge in [0.15, 0.2) is 0 Å². The van der Waals surface area contributed by atoms with E-state index in [9.17, 15) is 13.5 Å². The average Bonchev–Trinajstić information content (AvgIpc) is 2.47. The lowest BCUT2D eigenvalue weighted by Crippen LogP contribution is -2.52. The van der Waals surface area contributed by atoms with E-state index in [1.54, 1.807) is 0 Å². The fraction of sp³-hybridized carbons (Fsp3) is 1.00. The predicted octanol–water partition coefficient (Wildman–Crippen LogP) is -0.331. The number of nitrogens with zero attached hydrogens (tertiary/aromatic N) is 1. The van der Waals surface area contributed by atoms with E-state index >= 15 is 0 Å². The highest BCUT2D eigenvalue weighted by Gasteiger charge is 2.34. The van der Waals surface area contributed by atoms with Crippen LogP contribution in [0.3, 0.4) is 0 Å². The lowest BCUT2D eigenvalue weighted by atomic mass is 9.75. The van der Waals surface area contributed by atoms with E-state index in [4.69, 9.17) is 0 Å². The monoisotopic (exact) mass is 291 g/mol. The Kier molecular flexibility index (Phi) is 5.19. The molecule has 0 atom stereocenters. The predicted molar refractivity (Wildman–Crippen MR) is 74.0 cm³/mol. The summed E-state index contributed by atoms with van der Waals surface area (Å²) < 4.78 is 28.6. The van der Waals surface area contributed by atoms with Crippen molar-refractivity contribution < 1.29 is 13.5 Å². The van der Waals surface area contributed by atoms with E-state index in [1.165, 1.54) is 10.7 Å². The van der Waals surface area contributed by atoms with E-state index in [0.717, 1.165) is 25.7 Å². The molecule has 2 fully saturated rings. The molecule has 1 aliphatic heterocycles. The zero-order valence-corrected chi connectivity index (χ0v) is 12.2. The van der Waals surface area contributed by atoms with Gasteiger partial charge in [0.1, 0.15) is 0 Å². The molecule has 0 radical (unpaired) electrons. The fourth-order valence-corrected chi connectivity index (χ4v) is 4.25. The lowest BCUT2D eigenvalue weighted by molar-refractivity contribution is 0.0862.